The van der Waals surface area contributed by atoms with Crippen LogP contribution in [0.4, 0.5) is 0 Å². The van der Waals surface area contributed by atoms with Crippen molar-refractivity contribution in [3.05, 3.63) is 93.0 Å². The summed E-state index contributed by atoms with van der Waals surface area (Å²) in [6.45, 7) is 6.76. The zero-order chi connectivity index (χ0) is 22.4. The van der Waals surface area contributed by atoms with Crippen molar-refractivity contribution in [2.45, 2.75) is 33.3 Å². The molecule has 0 fully saturated rings. The van der Waals surface area contributed by atoms with Crippen molar-refractivity contribution in [2.24, 2.45) is 5.10 Å². The number of carbonyl (C=O) groups excluding carboxylic acids is 1. The van der Waals surface area contributed by atoms with Gasteiger partial charge < -0.3 is 9.84 Å². The molecule has 0 unspecified atom stereocenters. The van der Waals surface area contributed by atoms with E-state index in [0.717, 1.165) is 21.3 Å². The molecule has 0 heterocycles. The third-order valence-corrected chi connectivity index (χ3v) is 5.25. The second-order valence-electron chi connectivity index (χ2n) is 7.58. The van der Waals surface area contributed by atoms with Gasteiger partial charge in [-0.3, -0.25) is 4.79 Å². The van der Waals surface area contributed by atoms with E-state index in [-0.39, 0.29) is 11.7 Å². The lowest BCUT2D eigenvalue weighted by Crippen LogP contribution is -2.17. The van der Waals surface area contributed by atoms with Gasteiger partial charge in [-0.2, -0.15) is 5.10 Å². The van der Waals surface area contributed by atoms with Gasteiger partial charge in [0.1, 0.15) is 18.1 Å². The Bertz CT molecular complexity index is 1090. The Morgan fingerprint density at radius 3 is 2.58 bits per heavy atom. The average molecular weight is 481 g/mol. The number of rotatable bonds is 7. The van der Waals surface area contributed by atoms with Crippen LogP contribution in [0, 0.1) is 6.92 Å². The van der Waals surface area contributed by atoms with Crippen molar-refractivity contribution in [2.75, 3.05) is 0 Å². The second kappa shape index (κ2) is 10.3. The van der Waals surface area contributed by atoms with Crippen LogP contribution in [0.3, 0.4) is 0 Å². The van der Waals surface area contributed by atoms with Gasteiger partial charge in [0.2, 0.25) is 0 Å². The van der Waals surface area contributed by atoms with Gasteiger partial charge in [0.25, 0.3) is 5.91 Å². The van der Waals surface area contributed by atoms with Gasteiger partial charge >= 0.3 is 0 Å². The Hall–Kier alpha value is -3.12. The fourth-order valence-corrected chi connectivity index (χ4v) is 3.39. The van der Waals surface area contributed by atoms with Crippen molar-refractivity contribution in [3.63, 3.8) is 0 Å². The van der Waals surface area contributed by atoms with E-state index in [0.29, 0.717) is 23.7 Å². The number of ether oxygens (including phenoxy) is 1. The number of hydrogen-bond acceptors (Lipinski definition) is 4. The van der Waals surface area contributed by atoms with Gasteiger partial charge in [0.15, 0.2) is 0 Å². The van der Waals surface area contributed by atoms with Crippen LogP contribution >= 0.6 is 15.9 Å². The van der Waals surface area contributed by atoms with Crippen LogP contribution in [0.25, 0.3) is 0 Å². The fraction of sp³-hybridized carbons (Fsp3) is 0.200. The minimum absolute atomic E-state index is 0.0831. The Kier molecular flexibility index (Phi) is 7.47. The zero-order valence-electron chi connectivity index (χ0n) is 17.7. The van der Waals surface area contributed by atoms with Crippen LogP contribution < -0.4 is 10.2 Å². The van der Waals surface area contributed by atoms with E-state index >= 15 is 0 Å². The first-order valence-electron chi connectivity index (χ1n) is 9.97. The summed E-state index contributed by atoms with van der Waals surface area (Å²) in [6.07, 6.45) is 1.40. The van der Waals surface area contributed by atoms with E-state index in [1.165, 1.54) is 11.8 Å². The number of halogens is 1. The highest BCUT2D eigenvalue weighted by atomic mass is 79.9. The Morgan fingerprint density at radius 2 is 1.87 bits per heavy atom. The Balaban J connectivity index is 1.60. The average Bonchev–Trinajstić information content (AvgIpc) is 2.74. The normalized spacial score (nSPS) is 11.1. The summed E-state index contributed by atoms with van der Waals surface area (Å²) in [4.78, 5) is 12.3. The number of nitrogens with one attached hydrogen (secondary N) is 1. The molecule has 31 heavy (non-hydrogen) atoms. The maximum absolute atomic E-state index is 12.3. The van der Waals surface area contributed by atoms with Crippen molar-refractivity contribution in [3.8, 4) is 11.5 Å². The lowest BCUT2D eigenvalue weighted by Gasteiger charge is -2.15. The first kappa shape index (κ1) is 22.6. The highest BCUT2D eigenvalue weighted by Crippen LogP contribution is 2.28. The molecule has 0 saturated carbocycles. The third kappa shape index (κ3) is 6.18. The summed E-state index contributed by atoms with van der Waals surface area (Å²) in [5.74, 6) is 1.02. The molecule has 0 saturated heterocycles. The number of aromatic hydroxyl groups is 1. The minimum Gasteiger partial charge on any atom is -0.507 e. The van der Waals surface area contributed by atoms with Crippen molar-refractivity contribution >= 4 is 28.1 Å². The van der Waals surface area contributed by atoms with Crippen LogP contribution in [-0.2, 0) is 6.61 Å². The molecule has 0 bridgehead atoms. The first-order valence-corrected chi connectivity index (χ1v) is 10.8. The highest BCUT2D eigenvalue weighted by molar-refractivity contribution is 9.10. The predicted octanol–water partition coefficient (Wildman–Crippen LogP) is 5.93. The summed E-state index contributed by atoms with van der Waals surface area (Å²) < 4.78 is 6.86. The topological polar surface area (TPSA) is 70.9 Å². The van der Waals surface area contributed by atoms with Crippen LogP contribution in [0.1, 0.15) is 52.4 Å². The number of carbonyl (C=O) groups is 1. The molecule has 1 amide bonds. The third-order valence-electron chi connectivity index (χ3n) is 4.76. The largest absolute Gasteiger partial charge is 0.507 e. The van der Waals surface area contributed by atoms with E-state index < -0.39 is 0 Å². The molecule has 3 aromatic carbocycles. The quantitative estimate of drug-likeness (QED) is 0.325. The monoisotopic (exact) mass is 480 g/mol. The predicted molar refractivity (Wildman–Crippen MR) is 127 cm³/mol. The maximum atomic E-state index is 12.3. The Labute approximate surface area is 190 Å². The molecule has 0 atom stereocenters. The summed E-state index contributed by atoms with van der Waals surface area (Å²) in [7, 11) is 0. The lowest BCUT2D eigenvalue weighted by molar-refractivity contribution is 0.0955. The molecule has 0 spiro atoms. The molecule has 0 aliphatic heterocycles. The van der Waals surface area contributed by atoms with E-state index in [4.69, 9.17) is 4.74 Å². The number of aryl methyl sites for hydroxylation is 1. The maximum Gasteiger partial charge on any atom is 0.271 e. The second-order valence-corrected chi connectivity index (χ2v) is 8.50. The molecule has 2 N–H and O–H groups in total. The number of hydrogen-bond donors (Lipinski definition) is 2. The number of benzene rings is 3. The molecule has 3 rings (SSSR count). The van der Waals surface area contributed by atoms with Crippen LogP contribution in [0.5, 0.6) is 11.5 Å². The van der Waals surface area contributed by atoms with Gasteiger partial charge in [0.05, 0.1) is 6.21 Å². The zero-order valence-corrected chi connectivity index (χ0v) is 19.3. The number of hydrazone groups is 1. The fourth-order valence-electron chi connectivity index (χ4n) is 3.01. The summed E-state index contributed by atoms with van der Waals surface area (Å²) >= 11 is 3.33. The molecular weight excluding hydrogens is 456 g/mol. The number of phenolic OH excluding ortho intramolecular Hbond substituents is 1. The molecule has 6 heteroatoms. The summed E-state index contributed by atoms with van der Waals surface area (Å²) in [6, 6.07) is 18.4. The van der Waals surface area contributed by atoms with Crippen LogP contribution in [0.2, 0.25) is 0 Å². The SMILES string of the molecule is Cc1ccc(C(C)C)c(OCc2ccc(C(=O)N/N=C\c3cc(Br)ccc3O)cc2)c1. The van der Waals surface area contributed by atoms with Crippen LogP contribution in [-0.4, -0.2) is 17.2 Å². The lowest BCUT2D eigenvalue weighted by atomic mass is 10.0. The summed E-state index contributed by atoms with van der Waals surface area (Å²) in [5, 5.41) is 13.7. The van der Waals surface area contributed by atoms with Gasteiger partial charge in [-0.25, -0.2) is 5.43 Å². The molecule has 0 aromatic heterocycles. The molecule has 0 radical (unpaired) electrons. The van der Waals surface area contributed by atoms with Gasteiger partial charge in [-0.1, -0.05) is 54.0 Å². The van der Waals surface area contributed by atoms with E-state index in [1.54, 1.807) is 30.3 Å². The number of nitrogens with zero attached hydrogens (tertiary/aromatic N) is 1. The van der Waals surface area contributed by atoms with Crippen molar-refractivity contribution in [1.82, 2.24) is 5.43 Å². The van der Waals surface area contributed by atoms with E-state index in [1.807, 2.05) is 19.1 Å². The summed E-state index contributed by atoms with van der Waals surface area (Å²) in [5.41, 5.74) is 6.75. The van der Waals surface area contributed by atoms with Crippen molar-refractivity contribution in [1.29, 1.82) is 0 Å². The van der Waals surface area contributed by atoms with E-state index in [9.17, 15) is 9.90 Å². The molecule has 5 nitrogen and oxygen atoms in total. The molecule has 0 aliphatic carbocycles. The van der Waals surface area contributed by atoms with E-state index in [2.05, 4.69) is 58.5 Å². The Morgan fingerprint density at radius 1 is 1.13 bits per heavy atom. The molecular formula is C25H25BrN2O3. The minimum atomic E-state index is -0.334. The van der Waals surface area contributed by atoms with Gasteiger partial charge in [-0.15, -0.1) is 0 Å². The number of amides is 1. The van der Waals surface area contributed by atoms with Crippen LogP contribution in [0.15, 0.2) is 70.2 Å². The smallest absolute Gasteiger partial charge is 0.271 e. The van der Waals surface area contributed by atoms with Gasteiger partial charge in [-0.05, 0) is 65.9 Å². The molecule has 160 valence electrons. The number of phenols is 1. The van der Waals surface area contributed by atoms with Gasteiger partial charge in [0, 0.05) is 15.6 Å². The first-order chi connectivity index (χ1) is 14.8. The standard InChI is InChI=1S/C25H25BrN2O3/c1-16(2)22-10-4-17(3)12-24(22)31-15-18-5-7-19(8-6-18)25(30)28-27-14-20-13-21(26)9-11-23(20)29/h4-14,16,29H,15H2,1-3H3,(H,28,30)/b27-14-. The highest BCUT2D eigenvalue weighted by Gasteiger charge is 2.09. The molecule has 0 aliphatic rings. The van der Waals surface area contributed by atoms with Crippen molar-refractivity contribution < 1.29 is 14.6 Å². The molecule has 3 aromatic rings.